The van der Waals surface area contributed by atoms with E-state index < -0.39 is 5.60 Å². The predicted molar refractivity (Wildman–Crippen MR) is 75.6 cm³/mol. The molecule has 0 fully saturated rings. The summed E-state index contributed by atoms with van der Waals surface area (Å²) < 4.78 is 5.48. The van der Waals surface area contributed by atoms with E-state index in [0.717, 1.165) is 16.3 Å². The Morgan fingerprint density at radius 3 is 2.63 bits per heavy atom. The van der Waals surface area contributed by atoms with Crippen LogP contribution in [0, 0.1) is 0 Å². The maximum Gasteiger partial charge on any atom is 0.222 e. The van der Waals surface area contributed by atoms with E-state index in [4.69, 9.17) is 16.3 Å². The molecule has 2 heterocycles. The number of rotatable bonds is 4. The highest BCUT2D eigenvalue weighted by molar-refractivity contribution is 6.30. The summed E-state index contributed by atoms with van der Waals surface area (Å²) in [6.07, 6.45) is 3.86. The fourth-order valence-electron chi connectivity index (χ4n) is 1.96. The Balaban J connectivity index is 2.74. The molecule has 102 valence electrons. The topological polar surface area (TPSA) is 55.2 Å². The molecule has 0 aliphatic rings. The predicted octanol–water partition coefficient (Wildman–Crippen LogP) is 3.30. The lowest BCUT2D eigenvalue weighted by atomic mass is 9.91. The number of halogens is 1. The van der Waals surface area contributed by atoms with Crippen molar-refractivity contribution in [3.05, 3.63) is 29.2 Å². The monoisotopic (exact) mass is 280 g/mol. The van der Waals surface area contributed by atoms with Gasteiger partial charge in [0, 0.05) is 18.0 Å². The summed E-state index contributed by atoms with van der Waals surface area (Å²) in [5.41, 5.74) is -0.224. The molecule has 0 saturated carbocycles. The Kier molecular flexibility index (Phi) is 3.92. The SMILES string of the molecule is CCOc1ncc([C@](C)(O)CC)c2cc(Cl)ncc12. The van der Waals surface area contributed by atoms with Crippen molar-refractivity contribution in [1.82, 2.24) is 9.97 Å². The second kappa shape index (κ2) is 5.31. The van der Waals surface area contributed by atoms with Gasteiger partial charge in [0.2, 0.25) is 5.88 Å². The molecular weight excluding hydrogens is 264 g/mol. The van der Waals surface area contributed by atoms with Gasteiger partial charge in [0.05, 0.1) is 17.6 Å². The molecule has 19 heavy (non-hydrogen) atoms. The number of fused-ring (bicyclic) bond motifs is 1. The third-order valence-corrected chi connectivity index (χ3v) is 3.46. The molecule has 1 atom stereocenters. The van der Waals surface area contributed by atoms with E-state index in [2.05, 4.69) is 9.97 Å². The first-order valence-corrected chi connectivity index (χ1v) is 6.67. The van der Waals surface area contributed by atoms with E-state index in [1.807, 2.05) is 13.8 Å². The van der Waals surface area contributed by atoms with Crippen LogP contribution >= 0.6 is 11.6 Å². The Labute approximate surface area is 117 Å². The van der Waals surface area contributed by atoms with Crippen molar-refractivity contribution in [1.29, 1.82) is 0 Å². The average Bonchev–Trinajstić information content (AvgIpc) is 2.38. The molecule has 0 amide bonds. The number of hydrogen-bond donors (Lipinski definition) is 1. The Bertz CT molecular complexity index is 599. The summed E-state index contributed by atoms with van der Waals surface area (Å²) in [7, 11) is 0. The third-order valence-electron chi connectivity index (χ3n) is 3.25. The molecule has 0 bridgehead atoms. The standard InChI is InChI=1S/C14H17ClN2O2/c1-4-14(3,18)11-8-17-13(19-5-2)10-7-16-12(15)6-9(10)11/h6-8,18H,4-5H2,1-3H3/t14-/m1/s1. The molecule has 0 aliphatic heterocycles. The van der Waals surface area contributed by atoms with Gasteiger partial charge in [-0.05, 0) is 31.7 Å². The van der Waals surface area contributed by atoms with E-state index in [-0.39, 0.29) is 0 Å². The summed E-state index contributed by atoms with van der Waals surface area (Å²) in [5, 5.41) is 12.4. The highest BCUT2D eigenvalue weighted by atomic mass is 35.5. The van der Waals surface area contributed by atoms with Crippen molar-refractivity contribution in [2.75, 3.05) is 6.61 Å². The summed E-state index contributed by atoms with van der Waals surface area (Å²) >= 11 is 5.96. The second-order valence-corrected chi connectivity index (χ2v) is 4.98. The van der Waals surface area contributed by atoms with Crippen molar-refractivity contribution in [2.24, 2.45) is 0 Å². The van der Waals surface area contributed by atoms with Crippen molar-refractivity contribution in [3.8, 4) is 5.88 Å². The van der Waals surface area contributed by atoms with Crippen LogP contribution in [0.4, 0.5) is 0 Å². The number of aliphatic hydroxyl groups is 1. The van der Waals surface area contributed by atoms with E-state index >= 15 is 0 Å². The van der Waals surface area contributed by atoms with Crippen LogP contribution in [-0.2, 0) is 5.60 Å². The van der Waals surface area contributed by atoms with Crippen molar-refractivity contribution in [2.45, 2.75) is 32.8 Å². The normalized spacial score (nSPS) is 14.4. The van der Waals surface area contributed by atoms with Gasteiger partial charge < -0.3 is 9.84 Å². The van der Waals surface area contributed by atoms with Crippen LogP contribution in [0.15, 0.2) is 18.5 Å². The first-order valence-electron chi connectivity index (χ1n) is 6.29. The lowest BCUT2D eigenvalue weighted by molar-refractivity contribution is 0.0542. The van der Waals surface area contributed by atoms with Crippen molar-refractivity contribution < 1.29 is 9.84 Å². The van der Waals surface area contributed by atoms with Crippen molar-refractivity contribution >= 4 is 22.4 Å². The minimum atomic E-state index is -0.958. The zero-order valence-electron chi connectivity index (χ0n) is 11.3. The zero-order chi connectivity index (χ0) is 14.0. The molecule has 5 heteroatoms. The van der Waals surface area contributed by atoms with Gasteiger partial charge in [-0.25, -0.2) is 9.97 Å². The summed E-state index contributed by atoms with van der Waals surface area (Å²) in [6, 6.07) is 1.74. The van der Waals surface area contributed by atoms with Crippen LogP contribution in [0.5, 0.6) is 5.88 Å². The van der Waals surface area contributed by atoms with Gasteiger partial charge in [0.1, 0.15) is 5.15 Å². The first kappa shape index (κ1) is 14.0. The van der Waals surface area contributed by atoms with Gasteiger partial charge in [0.15, 0.2) is 0 Å². The third kappa shape index (κ3) is 2.65. The maximum atomic E-state index is 10.5. The lowest BCUT2D eigenvalue weighted by Crippen LogP contribution is -2.20. The number of hydrogen-bond acceptors (Lipinski definition) is 4. The molecule has 2 aromatic heterocycles. The molecule has 0 radical (unpaired) electrons. The highest BCUT2D eigenvalue weighted by Crippen LogP contribution is 2.34. The average molecular weight is 281 g/mol. The molecule has 2 aromatic rings. The fraction of sp³-hybridized carbons (Fsp3) is 0.429. The lowest BCUT2D eigenvalue weighted by Gasteiger charge is -2.23. The van der Waals surface area contributed by atoms with Crippen LogP contribution in [-0.4, -0.2) is 21.7 Å². The molecule has 4 nitrogen and oxygen atoms in total. The largest absolute Gasteiger partial charge is 0.477 e. The molecule has 0 aliphatic carbocycles. The van der Waals surface area contributed by atoms with Crippen LogP contribution in [0.25, 0.3) is 10.8 Å². The maximum absolute atomic E-state index is 10.5. The van der Waals surface area contributed by atoms with Gasteiger partial charge in [-0.3, -0.25) is 0 Å². The number of nitrogens with zero attached hydrogens (tertiary/aromatic N) is 2. The van der Waals surface area contributed by atoms with Crippen LogP contribution in [0.1, 0.15) is 32.8 Å². The highest BCUT2D eigenvalue weighted by Gasteiger charge is 2.25. The van der Waals surface area contributed by atoms with Crippen LogP contribution in [0.3, 0.4) is 0 Å². The summed E-state index contributed by atoms with van der Waals surface area (Å²) in [5.74, 6) is 0.511. The van der Waals surface area contributed by atoms with Crippen LogP contribution in [0.2, 0.25) is 5.15 Å². The van der Waals surface area contributed by atoms with Gasteiger partial charge in [-0.1, -0.05) is 18.5 Å². The smallest absolute Gasteiger partial charge is 0.222 e. The van der Waals surface area contributed by atoms with E-state index in [0.29, 0.717) is 24.1 Å². The fourth-order valence-corrected chi connectivity index (χ4v) is 2.11. The molecule has 0 unspecified atom stereocenters. The second-order valence-electron chi connectivity index (χ2n) is 4.59. The Morgan fingerprint density at radius 1 is 1.26 bits per heavy atom. The minimum absolute atomic E-state index is 0.384. The number of pyridine rings is 2. The van der Waals surface area contributed by atoms with Gasteiger partial charge in [-0.15, -0.1) is 0 Å². The first-order chi connectivity index (χ1) is 8.99. The summed E-state index contributed by atoms with van der Waals surface area (Å²) in [6.45, 7) is 6.10. The van der Waals surface area contributed by atoms with Crippen LogP contribution < -0.4 is 4.74 Å². The van der Waals surface area contributed by atoms with Gasteiger partial charge in [-0.2, -0.15) is 0 Å². The number of ether oxygens (including phenoxy) is 1. The molecular formula is C14H17ClN2O2. The Hall–Kier alpha value is -1.39. The molecule has 1 N–H and O–H groups in total. The van der Waals surface area contributed by atoms with Gasteiger partial charge in [0.25, 0.3) is 0 Å². The van der Waals surface area contributed by atoms with Crippen molar-refractivity contribution in [3.63, 3.8) is 0 Å². The van der Waals surface area contributed by atoms with Gasteiger partial charge >= 0.3 is 0 Å². The van der Waals surface area contributed by atoms with E-state index in [1.54, 1.807) is 25.4 Å². The summed E-state index contributed by atoms with van der Waals surface area (Å²) in [4.78, 5) is 8.34. The molecule has 2 rings (SSSR count). The quantitative estimate of drug-likeness (QED) is 0.873. The minimum Gasteiger partial charge on any atom is -0.477 e. The van der Waals surface area contributed by atoms with E-state index in [1.165, 1.54) is 0 Å². The van der Waals surface area contributed by atoms with E-state index in [9.17, 15) is 5.11 Å². The number of aromatic nitrogens is 2. The Morgan fingerprint density at radius 2 is 2.00 bits per heavy atom. The zero-order valence-corrected chi connectivity index (χ0v) is 12.0. The molecule has 0 aromatic carbocycles. The molecule has 0 saturated heterocycles. The molecule has 0 spiro atoms.